The van der Waals surface area contributed by atoms with Crippen LogP contribution in [0.5, 0.6) is 11.5 Å². The van der Waals surface area contributed by atoms with E-state index in [0.29, 0.717) is 13.2 Å². The van der Waals surface area contributed by atoms with Gasteiger partial charge in [0.05, 0.1) is 25.4 Å². The topological polar surface area (TPSA) is 53.4 Å². The molecule has 24 heavy (non-hydrogen) atoms. The Morgan fingerprint density at radius 1 is 1.17 bits per heavy atom. The molecule has 0 aliphatic carbocycles. The molecule has 1 aromatic carbocycles. The van der Waals surface area contributed by atoms with Crippen LogP contribution in [0, 0.1) is 13.8 Å². The summed E-state index contributed by atoms with van der Waals surface area (Å²) in [6, 6.07) is 7.46. The molecule has 0 atom stereocenters. The van der Waals surface area contributed by atoms with Crippen LogP contribution in [0.1, 0.15) is 16.9 Å². The number of ether oxygens (including phenoxy) is 2. The molecule has 126 valence electrons. The summed E-state index contributed by atoms with van der Waals surface area (Å²) in [5, 5.41) is 0.746. The summed E-state index contributed by atoms with van der Waals surface area (Å²) in [4.78, 5) is 18.9. The summed E-state index contributed by atoms with van der Waals surface area (Å²) in [5.74, 6) is 1.59. The van der Waals surface area contributed by atoms with Crippen molar-refractivity contribution < 1.29 is 9.47 Å². The lowest BCUT2D eigenvalue weighted by atomic mass is 10.2. The molecule has 0 aliphatic rings. The van der Waals surface area contributed by atoms with Crippen LogP contribution in [0.25, 0.3) is 10.2 Å². The molecule has 0 saturated carbocycles. The van der Waals surface area contributed by atoms with E-state index in [1.807, 2.05) is 38.1 Å². The van der Waals surface area contributed by atoms with Gasteiger partial charge in [-0.25, -0.2) is 4.98 Å². The Labute approximate surface area is 144 Å². The number of nitrogens with zero attached hydrogens (tertiary/aromatic N) is 2. The second-order valence-electron chi connectivity index (χ2n) is 5.58. The molecule has 3 aromatic rings. The highest BCUT2D eigenvalue weighted by Gasteiger charge is 2.11. The largest absolute Gasteiger partial charge is 0.497 e. The van der Waals surface area contributed by atoms with E-state index >= 15 is 0 Å². The Morgan fingerprint density at radius 3 is 2.58 bits per heavy atom. The van der Waals surface area contributed by atoms with Crippen LogP contribution in [-0.4, -0.2) is 23.3 Å². The van der Waals surface area contributed by atoms with Crippen molar-refractivity contribution in [2.75, 3.05) is 13.7 Å². The maximum absolute atomic E-state index is 12.6. The maximum atomic E-state index is 12.6. The van der Waals surface area contributed by atoms with Crippen molar-refractivity contribution >= 4 is 21.6 Å². The van der Waals surface area contributed by atoms with Crippen molar-refractivity contribution in [3.63, 3.8) is 0 Å². The summed E-state index contributed by atoms with van der Waals surface area (Å²) in [5.41, 5.74) is 1.07. The molecular formula is C18H20N2O3S. The van der Waals surface area contributed by atoms with E-state index in [1.165, 1.54) is 0 Å². The Kier molecular flexibility index (Phi) is 4.85. The third kappa shape index (κ3) is 3.28. The zero-order valence-corrected chi connectivity index (χ0v) is 14.9. The van der Waals surface area contributed by atoms with Gasteiger partial charge >= 0.3 is 0 Å². The molecule has 0 spiro atoms. The fourth-order valence-electron chi connectivity index (χ4n) is 2.53. The number of benzene rings is 1. The minimum absolute atomic E-state index is 0.0336. The second kappa shape index (κ2) is 7.05. The predicted octanol–water partition coefficient (Wildman–Crippen LogP) is 3.55. The lowest BCUT2D eigenvalue weighted by Crippen LogP contribution is -2.21. The molecule has 0 saturated heterocycles. The van der Waals surface area contributed by atoms with Gasteiger partial charge in [-0.05, 0) is 50.1 Å². The first-order valence-electron chi connectivity index (χ1n) is 7.82. The minimum atomic E-state index is 0.0336. The predicted molar refractivity (Wildman–Crippen MR) is 96.5 cm³/mol. The van der Waals surface area contributed by atoms with Crippen molar-refractivity contribution in [1.82, 2.24) is 9.55 Å². The van der Waals surface area contributed by atoms with Crippen LogP contribution in [0.2, 0.25) is 0 Å². The number of fused-ring (bicyclic) bond motifs is 1. The lowest BCUT2D eigenvalue weighted by molar-refractivity contribution is 0.300. The van der Waals surface area contributed by atoms with Crippen LogP contribution in [0.15, 0.2) is 35.4 Å². The second-order valence-corrected chi connectivity index (χ2v) is 6.79. The number of aromatic nitrogens is 2. The summed E-state index contributed by atoms with van der Waals surface area (Å²) in [6.07, 6.45) is 2.37. The van der Waals surface area contributed by atoms with Gasteiger partial charge in [-0.15, -0.1) is 11.3 Å². The number of hydrogen-bond acceptors (Lipinski definition) is 5. The quantitative estimate of drug-likeness (QED) is 0.642. The highest BCUT2D eigenvalue weighted by atomic mass is 32.1. The van der Waals surface area contributed by atoms with E-state index in [4.69, 9.17) is 9.47 Å². The van der Waals surface area contributed by atoms with Gasteiger partial charge in [-0.3, -0.25) is 9.36 Å². The molecule has 3 rings (SSSR count). The highest BCUT2D eigenvalue weighted by Crippen LogP contribution is 2.25. The van der Waals surface area contributed by atoms with Crippen LogP contribution < -0.4 is 15.0 Å². The minimum Gasteiger partial charge on any atom is -0.497 e. The molecule has 2 aromatic heterocycles. The molecule has 6 heteroatoms. The lowest BCUT2D eigenvalue weighted by Gasteiger charge is -2.08. The van der Waals surface area contributed by atoms with E-state index in [9.17, 15) is 4.79 Å². The number of aryl methyl sites for hydroxylation is 3. The molecule has 0 N–H and O–H groups in total. The zero-order chi connectivity index (χ0) is 17.1. The normalized spacial score (nSPS) is 11.0. The average molecular weight is 344 g/mol. The fraction of sp³-hybridized carbons (Fsp3) is 0.333. The van der Waals surface area contributed by atoms with E-state index in [2.05, 4.69) is 4.98 Å². The van der Waals surface area contributed by atoms with Gasteiger partial charge in [-0.1, -0.05) is 0 Å². The summed E-state index contributed by atoms with van der Waals surface area (Å²) in [6.45, 7) is 5.13. The van der Waals surface area contributed by atoms with Gasteiger partial charge in [0.2, 0.25) is 0 Å². The van der Waals surface area contributed by atoms with Crippen LogP contribution in [0.3, 0.4) is 0 Å². The SMILES string of the molecule is COc1ccc(OCCCn2cnc3sc(C)c(C)c3c2=O)cc1. The van der Waals surface area contributed by atoms with Gasteiger partial charge in [0.15, 0.2) is 0 Å². The Balaban J connectivity index is 1.62. The van der Waals surface area contributed by atoms with Gasteiger partial charge < -0.3 is 9.47 Å². The van der Waals surface area contributed by atoms with Gasteiger partial charge in [0.25, 0.3) is 5.56 Å². The van der Waals surface area contributed by atoms with Gasteiger partial charge in [0.1, 0.15) is 16.3 Å². The third-order valence-corrected chi connectivity index (χ3v) is 5.14. The maximum Gasteiger partial charge on any atom is 0.262 e. The smallest absolute Gasteiger partial charge is 0.262 e. The first-order valence-corrected chi connectivity index (χ1v) is 8.64. The first kappa shape index (κ1) is 16.5. The highest BCUT2D eigenvalue weighted by molar-refractivity contribution is 7.18. The molecule has 0 unspecified atom stereocenters. The number of thiophene rings is 1. The van der Waals surface area contributed by atoms with E-state index in [0.717, 1.165) is 38.6 Å². The molecule has 2 heterocycles. The molecule has 0 radical (unpaired) electrons. The summed E-state index contributed by atoms with van der Waals surface area (Å²) >= 11 is 1.57. The third-order valence-electron chi connectivity index (χ3n) is 4.03. The van der Waals surface area contributed by atoms with Crippen molar-refractivity contribution in [2.45, 2.75) is 26.8 Å². The van der Waals surface area contributed by atoms with E-state index in [1.54, 1.807) is 29.3 Å². The standard InChI is InChI=1S/C18H20N2O3S/c1-12-13(2)24-17-16(12)18(21)20(11-19-17)9-4-10-23-15-7-5-14(22-3)6-8-15/h5-8,11H,4,9-10H2,1-3H3. The molecular weight excluding hydrogens is 324 g/mol. The molecule has 0 aliphatic heterocycles. The zero-order valence-electron chi connectivity index (χ0n) is 14.0. The number of hydrogen-bond donors (Lipinski definition) is 0. The van der Waals surface area contributed by atoms with Crippen molar-refractivity contribution in [3.05, 3.63) is 51.4 Å². The molecule has 0 fully saturated rings. The average Bonchev–Trinajstić information content (AvgIpc) is 2.89. The monoisotopic (exact) mass is 344 g/mol. The van der Waals surface area contributed by atoms with Gasteiger partial charge in [0, 0.05) is 11.4 Å². The summed E-state index contributed by atoms with van der Waals surface area (Å²) in [7, 11) is 1.63. The van der Waals surface area contributed by atoms with Crippen LogP contribution >= 0.6 is 11.3 Å². The van der Waals surface area contributed by atoms with E-state index in [-0.39, 0.29) is 5.56 Å². The molecule has 5 nitrogen and oxygen atoms in total. The summed E-state index contributed by atoms with van der Waals surface area (Å²) < 4.78 is 12.5. The van der Waals surface area contributed by atoms with Crippen molar-refractivity contribution in [2.24, 2.45) is 0 Å². The van der Waals surface area contributed by atoms with Crippen LogP contribution in [-0.2, 0) is 6.54 Å². The first-order chi connectivity index (χ1) is 11.6. The van der Waals surface area contributed by atoms with Crippen molar-refractivity contribution in [3.8, 4) is 11.5 Å². The Morgan fingerprint density at radius 2 is 1.88 bits per heavy atom. The fourth-order valence-corrected chi connectivity index (χ4v) is 3.51. The van der Waals surface area contributed by atoms with E-state index < -0.39 is 0 Å². The Hall–Kier alpha value is -2.34. The molecule has 0 bridgehead atoms. The number of methoxy groups -OCH3 is 1. The van der Waals surface area contributed by atoms with Gasteiger partial charge in [-0.2, -0.15) is 0 Å². The molecule has 0 amide bonds. The van der Waals surface area contributed by atoms with Crippen LogP contribution in [0.4, 0.5) is 0 Å². The number of rotatable bonds is 6. The Bertz CT molecular complexity index is 897. The van der Waals surface area contributed by atoms with Crippen molar-refractivity contribution in [1.29, 1.82) is 0 Å².